The highest BCUT2D eigenvalue weighted by molar-refractivity contribution is 5.96. The van der Waals surface area contributed by atoms with Gasteiger partial charge in [0.2, 0.25) is 0 Å². The van der Waals surface area contributed by atoms with Crippen LogP contribution < -0.4 is 4.74 Å². The van der Waals surface area contributed by atoms with Gasteiger partial charge in [0.25, 0.3) is 5.88 Å². The van der Waals surface area contributed by atoms with Crippen LogP contribution in [0.3, 0.4) is 0 Å². The molecule has 2 fully saturated rings. The second-order valence-corrected chi connectivity index (χ2v) is 8.26. The highest BCUT2D eigenvalue weighted by Crippen LogP contribution is 2.54. The van der Waals surface area contributed by atoms with Crippen molar-refractivity contribution in [1.82, 2.24) is 4.98 Å². The molecule has 1 aromatic carbocycles. The largest absolute Gasteiger partial charge is 0.436 e. The number of carbonyl (C=O) groups excluding carboxylic acids is 1. The van der Waals surface area contributed by atoms with Crippen molar-refractivity contribution in [2.75, 3.05) is 6.61 Å². The number of hydrogen-bond acceptors (Lipinski definition) is 4. The third kappa shape index (κ3) is 3.32. The summed E-state index contributed by atoms with van der Waals surface area (Å²) in [6.45, 7) is 1.73. The maximum atomic E-state index is 14.2. The van der Waals surface area contributed by atoms with Crippen molar-refractivity contribution in [2.24, 2.45) is 11.8 Å². The number of Topliss-reactive ketones (excluding diaryl/α,β-unsaturated/α-hetero) is 1. The minimum Gasteiger partial charge on any atom is -0.436 e. The molecule has 0 amide bonds. The second kappa shape index (κ2) is 7.63. The van der Waals surface area contributed by atoms with Gasteiger partial charge >= 0.3 is 0 Å². The van der Waals surface area contributed by atoms with E-state index in [1.807, 2.05) is 12.1 Å². The lowest BCUT2D eigenvalue weighted by Crippen LogP contribution is -2.45. The van der Waals surface area contributed by atoms with Crippen molar-refractivity contribution in [3.05, 3.63) is 53.5 Å². The van der Waals surface area contributed by atoms with Crippen molar-refractivity contribution in [1.29, 1.82) is 0 Å². The SMILES string of the molecule is CC1(c2ccc(Oc3ncc(C(=O)CO)cc3F)cc2)C2CCCC1CCC2. The molecule has 1 N–H and O–H groups in total. The summed E-state index contributed by atoms with van der Waals surface area (Å²) in [6.07, 6.45) is 9.12. The van der Waals surface area contributed by atoms with E-state index < -0.39 is 18.2 Å². The van der Waals surface area contributed by atoms with Gasteiger partial charge in [0.05, 0.1) is 0 Å². The maximum absolute atomic E-state index is 14.2. The zero-order valence-corrected chi connectivity index (χ0v) is 16.2. The first-order valence-electron chi connectivity index (χ1n) is 10.1. The normalized spacial score (nSPS) is 26.7. The van der Waals surface area contributed by atoms with Gasteiger partial charge in [-0.25, -0.2) is 9.37 Å². The van der Waals surface area contributed by atoms with Crippen LogP contribution in [0.25, 0.3) is 0 Å². The summed E-state index contributed by atoms with van der Waals surface area (Å²) in [6, 6.07) is 9.00. The van der Waals surface area contributed by atoms with Gasteiger partial charge in [-0.05, 0) is 66.7 Å². The van der Waals surface area contributed by atoms with Crippen molar-refractivity contribution in [3.63, 3.8) is 0 Å². The van der Waals surface area contributed by atoms with E-state index in [0.29, 0.717) is 5.75 Å². The molecule has 5 heteroatoms. The average Bonchev–Trinajstić information content (AvgIpc) is 2.69. The van der Waals surface area contributed by atoms with Crippen molar-refractivity contribution in [3.8, 4) is 11.6 Å². The molecule has 1 heterocycles. The lowest BCUT2D eigenvalue weighted by molar-refractivity contribution is 0.0666. The van der Waals surface area contributed by atoms with Crippen molar-refractivity contribution in [2.45, 2.75) is 50.9 Å². The minimum atomic E-state index is -0.725. The van der Waals surface area contributed by atoms with Crippen LogP contribution >= 0.6 is 0 Å². The fraction of sp³-hybridized carbons (Fsp3) is 0.478. The molecule has 0 saturated heterocycles. The number of benzene rings is 1. The Labute approximate surface area is 164 Å². The van der Waals surface area contributed by atoms with E-state index in [9.17, 15) is 9.18 Å². The predicted octanol–water partition coefficient (Wildman–Crippen LogP) is 5.05. The van der Waals surface area contributed by atoms with E-state index in [2.05, 4.69) is 24.0 Å². The molecule has 148 valence electrons. The summed E-state index contributed by atoms with van der Waals surface area (Å²) in [5.41, 5.74) is 1.58. The standard InChI is InChI=1S/C23H26FNO3/c1-23(16-4-2-5-17(23)7-3-6-16)18-8-10-19(11-9-18)28-22-20(24)12-15(13-25-22)21(27)14-26/h8-13,16-17,26H,2-7,14H2,1H3. The molecule has 0 radical (unpaired) electrons. The molecule has 28 heavy (non-hydrogen) atoms. The van der Waals surface area contributed by atoms with Gasteiger partial charge in [-0.15, -0.1) is 0 Å². The third-order valence-corrected chi connectivity index (χ3v) is 6.87. The Morgan fingerprint density at radius 1 is 1.18 bits per heavy atom. The molecular formula is C23H26FNO3. The molecule has 0 aliphatic heterocycles. The van der Waals surface area contributed by atoms with Crippen LogP contribution in [0.1, 0.15) is 61.4 Å². The number of aliphatic hydroxyl groups excluding tert-OH is 1. The predicted molar refractivity (Wildman–Crippen MR) is 104 cm³/mol. The number of pyridine rings is 1. The number of fused-ring (bicyclic) bond motifs is 2. The van der Waals surface area contributed by atoms with E-state index in [4.69, 9.17) is 9.84 Å². The summed E-state index contributed by atoms with van der Waals surface area (Å²) in [4.78, 5) is 15.3. The Balaban J connectivity index is 1.53. The molecule has 4 nitrogen and oxygen atoms in total. The van der Waals surface area contributed by atoms with Crippen LogP contribution in [0.2, 0.25) is 0 Å². The molecule has 2 bridgehead atoms. The van der Waals surface area contributed by atoms with Gasteiger partial charge in [0, 0.05) is 11.8 Å². The number of aliphatic hydroxyl groups is 1. The summed E-state index contributed by atoms with van der Waals surface area (Å²) < 4.78 is 19.8. The van der Waals surface area contributed by atoms with Crippen molar-refractivity contribution < 1.29 is 19.0 Å². The topological polar surface area (TPSA) is 59.4 Å². The smallest absolute Gasteiger partial charge is 0.255 e. The average molecular weight is 383 g/mol. The Hall–Kier alpha value is -2.27. The molecule has 1 aromatic heterocycles. The van der Waals surface area contributed by atoms with E-state index in [-0.39, 0.29) is 16.9 Å². The third-order valence-electron chi connectivity index (χ3n) is 6.87. The lowest BCUT2D eigenvalue weighted by Gasteiger charge is -2.52. The maximum Gasteiger partial charge on any atom is 0.255 e. The Kier molecular flexibility index (Phi) is 5.19. The molecule has 4 rings (SSSR count). The molecule has 0 spiro atoms. The Morgan fingerprint density at radius 2 is 1.79 bits per heavy atom. The zero-order valence-electron chi connectivity index (χ0n) is 16.2. The molecular weight excluding hydrogens is 357 g/mol. The molecule has 2 aliphatic rings. The first-order valence-corrected chi connectivity index (χ1v) is 10.1. The van der Waals surface area contributed by atoms with E-state index in [1.54, 1.807) is 0 Å². The number of ketones is 1. The number of halogens is 1. The Bertz CT molecular complexity index is 843. The zero-order chi connectivity index (χ0) is 19.7. The van der Waals surface area contributed by atoms with Gasteiger partial charge in [-0.1, -0.05) is 31.9 Å². The van der Waals surface area contributed by atoms with Gasteiger partial charge < -0.3 is 9.84 Å². The second-order valence-electron chi connectivity index (χ2n) is 8.26. The van der Waals surface area contributed by atoms with Gasteiger partial charge in [-0.2, -0.15) is 0 Å². The van der Waals surface area contributed by atoms with Crippen LogP contribution in [0, 0.1) is 17.7 Å². The van der Waals surface area contributed by atoms with Gasteiger partial charge in [0.1, 0.15) is 12.4 Å². The number of ether oxygens (including phenoxy) is 1. The molecule has 2 aromatic rings. The fourth-order valence-corrected chi connectivity index (χ4v) is 5.25. The number of aromatic nitrogens is 1. The summed E-state index contributed by atoms with van der Waals surface area (Å²) >= 11 is 0. The van der Waals surface area contributed by atoms with Crippen LogP contribution in [0.4, 0.5) is 4.39 Å². The Morgan fingerprint density at radius 3 is 2.32 bits per heavy atom. The van der Waals surface area contributed by atoms with Crippen LogP contribution in [0.15, 0.2) is 36.5 Å². The number of rotatable bonds is 5. The molecule has 0 atom stereocenters. The first kappa shape index (κ1) is 19.1. The summed E-state index contributed by atoms with van der Waals surface area (Å²) in [7, 11) is 0. The number of carbonyl (C=O) groups is 1. The van der Waals surface area contributed by atoms with Crippen LogP contribution in [-0.4, -0.2) is 22.5 Å². The minimum absolute atomic E-state index is 0.0273. The monoisotopic (exact) mass is 383 g/mol. The quantitative estimate of drug-likeness (QED) is 0.735. The summed E-state index contributed by atoms with van der Waals surface area (Å²) in [5, 5.41) is 8.87. The molecule has 2 aliphatic carbocycles. The van der Waals surface area contributed by atoms with Crippen LogP contribution in [-0.2, 0) is 5.41 Å². The van der Waals surface area contributed by atoms with E-state index in [1.165, 1.54) is 50.3 Å². The summed E-state index contributed by atoms with van der Waals surface area (Å²) in [5.74, 6) is 0.514. The van der Waals surface area contributed by atoms with E-state index >= 15 is 0 Å². The van der Waals surface area contributed by atoms with Crippen LogP contribution in [0.5, 0.6) is 11.6 Å². The highest BCUT2D eigenvalue weighted by Gasteiger charge is 2.46. The van der Waals surface area contributed by atoms with Crippen molar-refractivity contribution >= 4 is 5.78 Å². The molecule has 2 saturated carbocycles. The van der Waals surface area contributed by atoms with Gasteiger partial charge in [0.15, 0.2) is 11.6 Å². The lowest BCUT2D eigenvalue weighted by atomic mass is 9.53. The fourth-order valence-electron chi connectivity index (χ4n) is 5.25. The number of hydrogen-bond donors (Lipinski definition) is 1. The van der Waals surface area contributed by atoms with E-state index in [0.717, 1.165) is 17.9 Å². The number of nitrogens with zero attached hydrogens (tertiary/aromatic N) is 1. The highest BCUT2D eigenvalue weighted by atomic mass is 19.1. The molecule has 0 unspecified atom stereocenters. The van der Waals surface area contributed by atoms with Gasteiger partial charge in [-0.3, -0.25) is 4.79 Å². The first-order chi connectivity index (χ1) is 13.5.